The maximum Gasteiger partial charge on any atom is 0.0228 e. The highest BCUT2D eigenvalue weighted by Gasteiger charge is 2.00. The number of nitrogens with one attached hydrogen (secondary N) is 2. The largest absolute Gasteiger partial charge is 0.320 e. The molecule has 1 aromatic carbocycles. The Morgan fingerprint density at radius 3 is 2.41 bits per heavy atom. The summed E-state index contributed by atoms with van der Waals surface area (Å²) in [5.41, 5.74) is 0. The quantitative estimate of drug-likeness (QED) is 0.728. The van der Waals surface area contributed by atoms with Crippen LogP contribution in [-0.2, 0) is 0 Å². The van der Waals surface area contributed by atoms with Crippen LogP contribution >= 0.6 is 11.9 Å². The van der Waals surface area contributed by atoms with Gasteiger partial charge in [0.1, 0.15) is 0 Å². The summed E-state index contributed by atoms with van der Waals surface area (Å²) in [7, 11) is 2.00. The van der Waals surface area contributed by atoms with Gasteiger partial charge in [-0.1, -0.05) is 39.0 Å². The van der Waals surface area contributed by atoms with Crippen molar-refractivity contribution in [1.82, 2.24) is 10.0 Å². The molecule has 0 aliphatic heterocycles. The van der Waals surface area contributed by atoms with Crippen molar-refractivity contribution < 1.29 is 0 Å². The molecule has 17 heavy (non-hydrogen) atoms. The van der Waals surface area contributed by atoms with Crippen molar-refractivity contribution in [2.24, 2.45) is 5.92 Å². The predicted molar refractivity (Wildman–Crippen MR) is 79.4 cm³/mol. The molecular formula is C14H26N2S. The summed E-state index contributed by atoms with van der Waals surface area (Å²) in [6.07, 6.45) is 1.22. The number of benzene rings is 1. The van der Waals surface area contributed by atoms with Crippen molar-refractivity contribution in [3.8, 4) is 0 Å². The lowest BCUT2D eigenvalue weighted by atomic mass is 10.1. The molecule has 0 heterocycles. The molecule has 3 heteroatoms. The fourth-order valence-electron chi connectivity index (χ4n) is 1.25. The van der Waals surface area contributed by atoms with Gasteiger partial charge in [0.05, 0.1) is 0 Å². The molecule has 2 nitrogen and oxygen atoms in total. The number of rotatable bonds is 7. The first-order valence-corrected chi connectivity index (χ1v) is 7.24. The summed E-state index contributed by atoms with van der Waals surface area (Å²) >= 11 is 1.71. The lowest BCUT2D eigenvalue weighted by molar-refractivity contribution is 0.515. The Morgan fingerprint density at radius 2 is 1.82 bits per heavy atom. The molecule has 0 aliphatic carbocycles. The molecule has 1 rings (SSSR count). The Morgan fingerprint density at radius 1 is 1.18 bits per heavy atom. The maximum atomic E-state index is 3.40. The molecule has 1 atom stereocenters. The summed E-state index contributed by atoms with van der Waals surface area (Å²) in [4.78, 5) is 1.28. The van der Waals surface area contributed by atoms with Gasteiger partial charge < -0.3 is 5.32 Å². The van der Waals surface area contributed by atoms with Crippen LogP contribution in [-0.4, -0.2) is 20.1 Å². The van der Waals surface area contributed by atoms with Gasteiger partial charge in [0.25, 0.3) is 0 Å². The fraction of sp³-hybridized carbons (Fsp3) is 0.571. The number of hydrogen-bond donors (Lipinski definition) is 2. The Hall–Kier alpha value is -0.510. The zero-order valence-electron chi connectivity index (χ0n) is 11.5. The first kappa shape index (κ1) is 16.5. The van der Waals surface area contributed by atoms with Crippen LogP contribution < -0.4 is 10.0 Å². The van der Waals surface area contributed by atoms with E-state index in [0.29, 0.717) is 5.92 Å². The van der Waals surface area contributed by atoms with Crippen LogP contribution in [0.1, 0.15) is 27.2 Å². The smallest absolute Gasteiger partial charge is 0.0228 e. The molecule has 0 amide bonds. The van der Waals surface area contributed by atoms with Crippen molar-refractivity contribution >= 4 is 11.9 Å². The van der Waals surface area contributed by atoms with E-state index in [1.165, 1.54) is 11.3 Å². The second kappa shape index (κ2) is 12.0. The van der Waals surface area contributed by atoms with Crippen LogP contribution in [0.2, 0.25) is 0 Å². The lowest BCUT2D eigenvalue weighted by Crippen LogP contribution is -2.19. The zero-order valence-corrected chi connectivity index (χ0v) is 12.3. The molecule has 0 bridgehead atoms. The van der Waals surface area contributed by atoms with Gasteiger partial charge in [-0.15, -0.1) is 0 Å². The first-order chi connectivity index (χ1) is 8.33. The van der Waals surface area contributed by atoms with Crippen molar-refractivity contribution in [3.63, 3.8) is 0 Å². The molecular weight excluding hydrogens is 228 g/mol. The Labute approximate surface area is 111 Å². The SMILES string of the molecule is CC.CNCCC(C)CNSc1ccccc1. The highest BCUT2D eigenvalue weighted by molar-refractivity contribution is 7.97. The van der Waals surface area contributed by atoms with E-state index < -0.39 is 0 Å². The minimum absolute atomic E-state index is 0.716. The van der Waals surface area contributed by atoms with E-state index in [2.05, 4.69) is 41.2 Å². The van der Waals surface area contributed by atoms with E-state index in [4.69, 9.17) is 0 Å². The van der Waals surface area contributed by atoms with Crippen LogP contribution in [0.15, 0.2) is 35.2 Å². The maximum absolute atomic E-state index is 3.40. The van der Waals surface area contributed by atoms with Crippen molar-refractivity contribution in [2.45, 2.75) is 32.1 Å². The van der Waals surface area contributed by atoms with Crippen LogP contribution in [0.3, 0.4) is 0 Å². The van der Waals surface area contributed by atoms with E-state index >= 15 is 0 Å². The van der Waals surface area contributed by atoms with Gasteiger partial charge in [0.2, 0.25) is 0 Å². The molecule has 0 saturated heterocycles. The normalized spacial score (nSPS) is 11.5. The minimum atomic E-state index is 0.716. The predicted octanol–water partition coefficient (Wildman–Crippen LogP) is 3.56. The van der Waals surface area contributed by atoms with Gasteiger partial charge >= 0.3 is 0 Å². The summed E-state index contributed by atoms with van der Waals surface area (Å²) < 4.78 is 3.40. The highest BCUT2D eigenvalue weighted by Crippen LogP contribution is 2.13. The molecule has 98 valence electrons. The third-order valence-electron chi connectivity index (χ3n) is 2.25. The molecule has 0 radical (unpaired) electrons. The van der Waals surface area contributed by atoms with Crippen molar-refractivity contribution in [1.29, 1.82) is 0 Å². The molecule has 0 aliphatic rings. The van der Waals surface area contributed by atoms with Crippen molar-refractivity contribution in [2.75, 3.05) is 20.1 Å². The molecule has 1 aromatic rings. The van der Waals surface area contributed by atoms with E-state index in [-0.39, 0.29) is 0 Å². The topological polar surface area (TPSA) is 24.1 Å². The van der Waals surface area contributed by atoms with Gasteiger partial charge in [0, 0.05) is 11.4 Å². The second-order valence-corrected chi connectivity index (χ2v) is 4.73. The van der Waals surface area contributed by atoms with E-state index in [1.54, 1.807) is 11.9 Å². The highest BCUT2D eigenvalue weighted by atomic mass is 32.2. The molecule has 0 spiro atoms. The van der Waals surface area contributed by atoms with Gasteiger partial charge in [-0.2, -0.15) is 0 Å². The molecule has 0 fully saturated rings. The summed E-state index contributed by atoms with van der Waals surface area (Å²) in [5.74, 6) is 0.716. The third kappa shape index (κ3) is 9.22. The standard InChI is InChI=1S/C12H20N2S.C2H6/c1-11(8-9-13-2)10-14-15-12-6-4-3-5-7-12;1-2/h3-7,11,13-14H,8-10H2,1-2H3;1-2H3. The minimum Gasteiger partial charge on any atom is -0.320 e. The second-order valence-electron chi connectivity index (χ2n) is 3.76. The molecule has 0 saturated carbocycles. The molecule has 2 N–H and O–H groups in total. The van der Waals surface area contributed by atoms with Crippen LogP contribution in [0.25, 0.3) is 0 Å². The van der Waals surface area contributed by atoms with E-state index in [1.807, 2.05) is 27.0 Å². The zero-order chi connectivity index (χ0) is 12.9. The first-order valence-electron chi connectivity index (χ1n) is 6.42. The average molecular weight is 254 g/mol. The van der Waals surface area contributed by atoms with Crippen LogP contribution in [0, 0.1) is 5.92 Å². The Balaban J connectivity index is 0.00000121. The van der Waals surface area contributed by atoms with E-state index in [9.17, 15) is 0 Å². The Kier molecular flexibility index (Phi) is 11.6. The Bertz CT molecular complexity index is 252. The monoisotopic (exact) mass is 254 g/mol. The summed E-state index contributed by atoms with van der Waals surface area (Å²) in [5, 5.41) is 3.17. The fourth-order valence-corrected chi connectivity index (χ4v) is 2.08. The van der Waals surface area contributed by atoms with Gasteiger partial charge in [-0.25, -0.2) is 0 Å². The third-order valence-corrected chi connectivity index (χ3v) is 3.07. The average Bonchev–Trinajstić information content (AvgIpc) is 2.40. The van der Waals surface area contributed by atoms with Crippen molar-refractivity contribution in [3.05, 3.63) is 30.3 Å². The van der Waals surface area contributed by atoms with Gasteiger partial charge in [-0.3, -0.25) is 4.72 Å². The van der Waals surface area contributed by atoms with Gasteiger partial charge in [0.15, 0.2) is 0 Å². The number of hydrogen-bond acceptors (Lipinski definition) is 3. The lowest BCUT2D eigenvalue weighted by Gasteiger charge is -2.11. The molecule has 1 unspecified atom stereocenters. The van der Waals surface area contributed by atoms with Crippen LogP contribution in [0.4, 0.5) is 0 Å². The summed E-state index contributed by atoms with van der Waals surface area (Å²) in [6.45, 7) is 8.43. The summed E-state index contributed by atoms with van der Waals surface area (Å²) in [6, 6.07) is 10.4. The molecule has 0 aromatic heterocycles. The van der Waals surface area contributed by atoms with Crippen LogP contribution in [0.5, 0.6) is 0 Å². The van der Waals surface area contributed by atoms with E-state index in [0.717, 1.165) is 13.1 Å². The van der Waals surface area contributed by atoms with Gasteiger partial charge in [-0.05, 0) is 50.0 Å².